The van der Waals surface area contributed by atoms with E-state index in [-0.39, 0.29) is 11.9 Å². The van der Waals surface area contributed by atoms with Gasteiger partial charge in [-0.2, -0.15) is 0 Å². The third-order valence-corrected chi connectivity index (χ3v) is 4.68. The molecule has 23 heavy (non-hydrogen) atoms. The number of hydrogen-bond acceptors (Lipinski definition) is 4. The zero-order valence-corrected chi connectivity index (χ0v) is 13.1. The van der Waals surface area contributed by atoms with Crippen molar-refractivity contribution in [2.75, 3.05) is 19.6 Å². The molecule has 4 heterocycles. The maximum Gasteiger partial charge on any atom is 0.270 e. The van der Waals surface area contributed by atoms with Gasteiger partial charge in [-0.3, -0.25) is 9.78 Å². The van der Waals surface area contributed by atoms with Gasteiger partial charge in [-0.15, -0.1) is 0 Å². The smallest absolute Gasteiger partial charge is 0.270 e. The van der Waals surface area contributed by atoms with Gasteiger partial charge in [0.1, 0.15) is 11.3 Å². The van der Waals surface area contributed by atoms with Gasteiger partial charge in [0, 0.05) is 42.8 Å². The van der Waals surface area contributed by atoms with E-state index in [0.29, 0.717) is 17.0 Å². The van der Waals surface area contributed by atoms with Gasteiger partial charge < -0.3 is 14.6 Å². The summed E-state index contributed by atoms with van der Waals surface area (Å²) in [5, 5.41) is 3.98. The number of nitrogens with zero attached hydrogens (tertiary/aromatic N) is 2. The lowest BCUT2D eigenvalue weighted by atomic mass is 9.97. The molecule has 2 fully saturated rings. The van der Waals surface area contributed by atoms with Gasteiger partial charge in [-0.25, -0.2) is 0 Å². The lowest BCUT2D eigenvalue weighted by Gasteiger charge is -2.30. The Morgan fingerprint density at radius 3 is 3.17 bits per heavy atom. The van der Waals surface area contributed by atoms with Crippen LogP contribution in [-0.4, -0.2) is 41.5 Å². The predicted molar refractivity (Wildman–Crippen MR) is 87.0 cm³/mol. The summed E-state index contributed by atoms with van der Waals surface area (Å²) in [6.45, 7) is 5.05. The summed E-state index contributed by atoms with van der Waals surface area (Å²) in [5.41, 5.74) is 1.05. The van der Waals surface area contributed by atoms with E-state index in [1.54, 1.807) is 19.2 Å². The third kappa shape index (κ3) is 2.82. The summed E-state index contributed by atoms with van der Waals surface area (Å²) in [6, 6.07) is 3.76. The highest BCUT2D eigenvalue weighted by molar-refractivity contribution is 5.95. The molecule has 1 N–H and O–H groups in total. The largest absolute Gasteiger partial charge is 0.448 e. The van der Waals surface area contributed by atoms with Gasteiger partial charge in [-0.1, -0.05) is 5.92 Å². The number of piperidine rings is 1. The molecule has 2 aliphatic heterocycles. The number of hydrogen-bond donors (Lipinski definition) is 1. The Bertz CT molecular complexity index is 803. The Hall–Kier alpha value is -2.32. The van der Waals surface area contributed by atoms with Gasteiger partial charge in [-0.05, 0) is 38.1 Å². The number of nitrogens with one attached hydrogen (secondary N) is 1. The number of fused-ring (bicyclic) bond motifs is 3. The highest BCUT2D eigenvalue weighted by Gasteiger charge is 2.33. The van der Waals surface area contributed by atoms with Crippen molar-refractivity contribution in [3.63, 3.8) is 0 Å². The number of pyridine rings is 1. The van der Waals surface area contributed by atoms with Crippen LogP contribution in [0.1, 0.15) is 36.0 Å². The van der Waals surface area contributed by atoms with Gasteiger partial charge in [0.2, 0.25) is 0 Å². The molecule has 5 nitrogen and oxygen atoms in total. The zero-order valence-electron chi connectivity index (χ0n) is 13.1. The van der Waals surface area contributed by atoms with Crippen molar-refractivity contribution >= 4 is 16.9 Å². The van der Waals surface area contributed by atoms with Crippen LogP contribution in [0.2, 0.25) is 0 Å². The van der Waals surface area contributed by atoms with E-state index in [9.17, 15) is 4.79 Å². The first-order chi connectivity index (χ1) is 11.2. The highest BCUT2D eigenvalue weighted by Crippen LogP contribution is 2.27. The zero-order chi connectivity index (χ0) is 15.8. The van der Waals surface area contributed by atoms with Crippen LogP contribution >= 0.6 is 0 Å². The lowest BCUT2D eigenvalue weighted by molar-refractivity contribution is 0.0904. The van der Waals surface area contributed by atoms with Crippen molar-refractivity contribution in [2.45, 2.75) is 25.8 Å². The van der Waals surface area contributed by atoms with Crippen LogP contribution in [0, 0.1) is 17.8 Å². The first kappa shape index (κ1) is 14.3. The van der Waals surface area contributed by atoms with E-state index >= 15 is 0 Å². The van der Waals surface area contributed by atoms with Crippen molar-refractivity contribution in [1.82, 2.24) is 15.2 Å². The molecule has 0 radical (unpaired) electrons. The van der Waals surface area contributed by atoms with E-state index < -0.39 is 0 Å². The Balaban J connectivity index is 1.51. The fourth-order valence-electron chi connectivity index (χ4n) is 3.67. The second-order valence-corrected chi connectivity index (χ2v) is 6.41. The summed E-state index contributed by atoms with van der Waals surface area (Å²) in [4.78, 5) is 19.2. The number of amides is 1. The lowest BCUT2D eigenvalue weighted by Crippen LogP contribution is -2.47. The maximum atomic E-state index is 12.5. The number of carbonyl (C=O) groups excluding carboxylic acids is 1. The summed E-state index contributed by atoms with van der Waals surface area (Å²) in [6.07, 6.45) is 3.99. The Morgan fingerprint density at radius 2 is 2.35 bits per heavy atom. The normalized spacial score (nSPS) is 25.9. The van der Waals surface area contributed by atoms with E-state index in [1.165, 1.54) is 13.0 Å². The third-order valence-electron chi connectivity index (χ3n) is 4.68. The Labute approximate surface area is 135 Å². The van der Waals surface area contributed by atoms with Gasteiger partial charge >= 0.3 is 0 Å². The van der Waals surface area contributed by atoms with Crippen LogP contribution < -0.4 is 5.32 Å². The van der Waals surface area contributed by atoms with E-state index in [0.717, 1.165) is 30.8 Å². The topological polar surface area (TPSA) is 58.4 Å². The molecule has 0 aliphatic carbocycles. The molecular weight excluding hydrogens is 290 g/mol. The number of aromatic nitrogens is 1. The Morgan fingerprint density at radius 1 is 1.43 bits per heavy atom. The molecular formula is C18H19N3O2. The molecule has 0 spiro atoms. The molecule has 1 amide bonds. The van der Waals surface area contributed by atoms with E-state index in [1.807, 2.05) is 6.07 Å². The molecule has 2 bridgehead atoms. The first-order valence-corrected chi connectivity index (χ1v) is 8.07. The number of furan rings is 1. The fraction of sp³-hybridized carbons (Fsp3) is 0.444. The highest BCUT2D eigenvalue weighted by atomic mass is 16.3. The number of carbonyl (C=O) groups is 1. The molecule has 5 heteroatoms. The van der Waals surface area contributed by atoms with Crippen LogP contribution in [0.15, 0.2) is 22.7 Å². The molecule has 0 saturated carbocycles. The van der Waals surface area contributed by atoms with Crippen LogP contribution in [-0.2, 0) is 0 Å². The monoisotopic (exact) mass is 309 g/mol. The van der Waals surface area contributed by atoms with Crippen molar-refractivity contribution in [1.29, 1.82) is 0 Å². The standard InChI is InChI=1S/C18H19N3O2/c1-2-3-15-7-13-9-19-16(8-17(13)23-15)18(22)20-14-6-12-4-5-21(10-12)11-14/h7-9,12,14H,4-6,10-11H2,1H3,(H,20,22)/t12-,14+/m0/s1. The fourth-order valence-corrected chi connectivity index (χ4v) is 3.67. The Kier molecular flexibility index (Phi) is 3.55. The average molecular weight is 309 g/mol. The van der Waals surface area contributed by atoms with Crippen molar-refractivity contribution in [3.8, 4) is 11.8 Å². The van der Waals surface area contributed by atoms with Crippen LogP contribution in [0.4, 0.5) is 0 Å². The van der Waals surface area contributed by atoms with Crippen LogP contribution in [0.3, 0.4) is 0 Å². The molecule has 118 valence electrons. The predicted octanol–water partition coefficient (Wildman–Crippen LogP) is 2.02. The molecule has 1 unspecified atom stereocenters. The molecule has 4 rings (SSSR count). The molecule has 2 aliphatic rings. The summed E-state index contributed by atoms with van der Waals surface area (Å²) >= 11 is 0. The van der Waals surface area contributed by atoms with Crippen LogP contribution in [0.5, 0.6) is 0 Å². The molecule has 2 aromatic heterocycles. The minimum atomic E-state index is -0.126. The minimum absolute atomic E-state index is 0.126. The average Bonchev–Trinajstić information content (AvgIpc) is 3.09. The molecule has 0 aromatic carbocycles. The van der Waals surface area contributed by atoms with Gasteiger partial charge in [0.05, 0.1) is 0 Å². The van der Waals surface area contributed by atoms with Crippen molar-refractivity contribution in [2.24, 2.45) is 5.92 Å². The molecule has 2 aromatic rings. The molecule has 3 atom stereocenters. The summed E-state index contributed by atoms with van der Waals surface area (Å²) < 4.78 is 5.63. The summed E-state index contributed by atoms with van der Waals surface area (Å²) in [5.74, 6) is 6.88. The van der Waals surface area contributed by atoms with Crippen molar-refractivity contribution in [3.05, 3.63) is 29.8 Å². The maximum absolute atomic E-state index is 12.5. The second kappa shape index (κ2) is 5.71. The molecule has 2 saturated heterocycles. The van der Waals surface area contributed by atoms with Crippen LogP contribution in [0.25, 0.3) is 11.0 Å². The second-order valence-electron chi connectivity index (χ2n) is 6.41. The van der Waals surface area contributed by atoms with E-state index in [4.69, 9.17) is 4.42 Å². The first-order valence-electron chi connectivity index (χ1n) is 8.07. The summed E-state index contributed by atoms with van der Waals surface area (Å²) in [7, 11) is 0. The van der Waals surface area contributed by atoms with Crippen molar-refractivity contribution < 1.29 is 9.21 Å². The SMILES string of the molecule is CC#Cc1cc2cnc(C(=O)N[C@@H]3C[C@@H]4CCN(C4)C3)cc2o1. The van der Waals surface area contributed by atoms with Gasteiger partial charge in [0.25, 0.3) is 5.91 Å². The van der Waals surface area contributed by atoms with E-state index in [2.05, 4.69) is 27.0 Å². The quantitative estimate of drug-likeness (QED) is 0.862. The van der Waals surface area contributed by atoms with Gasteiger partial charge in [0.15, 0.2) is 5.76 Å². The minimum Gasteiger partial charge on any atom is -0.448 e. The number of rotatable bonds is 2.